The number of anilines is 1. The van der Waals surface area contributed by atoms with Crippen LogP contribution < -0.4 is 10.6 Å². The second kappa shape index (κ2) is 7.53. The summed E-state index contributed by atoms with van der Waals surface area (Å²) in [6, 6.07) is 5.97. The zero-order valence-corrected chi connectivity index (χ0v) is 12.9. The molecular weight excluding hydrogens is 292 g/mol. The summed E-state index contributed by atoms with van der Waals surface area (Å²) >= 11 is 5.18. The van der Waals surface area contributed by atoms with Crippen LogP contribution in [-0.4, -0.2) is 40.5 Å². The minimum absolute atomic E-state index is 0.0103. The van der Waals surface area contributed by atoms with Crippen LogP contribution in [0.2, 0.25) is 0 Å². The number of hydrogen-bond donors (Lipinski definition) is 2. The molecule has 0 aromatic heterocycles. The van der Waals surface area contributed by atoms with Gasteiger partial charge in [0, 0.05) is 30.9 Å². The Morgan fingerprint density at radius 3 is 2.43 bits per heavy atom. The van der Waals surface area contributed by atoms with Crippen molar-refractivity contribution in [3.8, 4) is 0 Å². The number of thiocarbonyl (C=S) groups is 1. The first-order valence-electron chi connectivity index (χ1n) is 6.35. The van der Waals surface area contributed by atoms with Crippen LogP contribution in [0.1, 0.15) is 13.8 Å². The zero-order chi connectivity index (χ0) is 16.0. The maximum atomic E-state index is 11.6. The zero-order valence-electron chi connectivity index (χ0n) is 12.1. The van der Waals surface area contributed by atoms with Gasteiger partial charge in [0.2, 0.25) is 5.91 Å². The summed E-state index contributed by atoms with van der Waals surface area (Å²) in [6.45, 7) is 3.90. The van der Waals surface area contributed by atoms with E-state index in [4.69, 9.17) is 12.2 Å². The maximum absolute atomic E-state index is 11.6. The summed E-state index contributed by atoms with van der Waals surface area (Å²) in [4.78, 5) is 23.3. The monoisotopic (exact) mass is 310 g/mol. The number of carbonyl (C=O) groups excluding carboxylic acids is 1. The SMILES string of the molecule is CC(C)NC(=O)CN(C)C(=S)Nc1ccc([N+](=O)[O-])cc1. The van der Waals surface area contributed by atoms with Crippen molar-refractivity contribution in [2.24, 2.45) is 0 Å². The third-order valence-electron chi connectivity index (χ3n) is 2.51. The third kappa shape index (κ3) is 5.74. The molecule has 1 aromatic rings. The van der Waals surface area contributed by atoms with Crippen molar-refractivity contribution < 1.29 is 9.72 Å². The van der Waals surface area contributed by atoms with Crippen molar-refractivity contribution in [2.75, 3.05) is 18.9 Å². The van der Waals surface area contributed by atoms with Crippen molar-refractivity contribution in [3.05, 3.63) is 34.4 Å². The molecule has 0 aliphatic heterocycles. The van der Waals surface area contributed by atoms with E-state index in [1.165, 1.54) is 12.1 Å². The molecule has 1 amide bonds. The highest BCUT2D eigenvalue weighted by Crippen LogP contribution is 2.15. The number of nitro groups is 1. The van der Waals surface area contributed by atoms with Gasteiger partial charge in [-0.05, 0) is 38.2 Å². The Balaban J connectivity index is 2.55. The summed E-state index contributed by atoms with van der Waals surface area (Å²) in [5.74, 6) is -0.125. The van der Waals surface area contributed by atoms with Gasteiger partial charge in [-0.1, -0.05) is 0 Å². The molecule has 2 N–H and O–H groups in total. The fourth-order valence-electron chi connectivity index (χ4n) is 1.54. The Kier molecular flexibility index (Phi) is 6.04. The predicted molar refractivity (Wildman–Crippen MR) is 85.2 cm³/mol. The molecule has 1 rings (SSSR count). The first-order valence-corrected chi connectivity index (χ1v) is 6.76. The second-order valence-electron chi connectivity index (χ2n) is 4.81. The fraction of sp³-hybridized carbons (Fsp3) is 0.385. The normalized spacial score (nSPS) is 10.1. The molecule has 0 atom stereocenters. The van der Waals surface area contributed by atoms with Gasteiger partial charge in [0.25, 0.3) is 5.69 Å². The lowest BCUT2D eigenvalue weighted by atomic mass is 10.3. The largest absolute Gasteiger partial charge is 0.352 e. The lowest BCUT2D eigenvalue weighted by Crippen LogP contribution is -2.42. The van der Waals surface area contributed by atoms with Crippen molar-refractivity contribution in [2.45, 2.75) is 19.9 Å². The molecule has 7 nitrogen and oxygen atoms in total. The number of nitrogens with zero attached hydrogens (tertiary/aromatic N) is 2. The van der Waals surface area contributed by atoms with E-state index in [2.05, 4.69) is 10.6 Å². The minimum atomic E-state index is -0.468. The number of hydrogen-bond acceptors (Lipinski definition) is 4. The summed E-state index contributed by atoms with van der Waals surface area (Å²) in [5, 5.41) is 16.6. The molecule has 0 heterocycles. The number of nitro benzene ring substituents is 1. The van der Waals surface area contributed by atoms with E-state index < -0.39 is 4.92 Å². The van der Waals surface area contributed by atoms with Gasteiger partial charge in [0.15, 0.2) is 5.11 Å². The van der Waals surface area contributed by atoms with Gasteiger partial charge in [0.05, 0.1) is 11.5 Å². The highest BCUT2D eigenvalue weighted by atomic mass is 32.1. The van der Waals surface area contributed by atoms with E-state index in [-0.39, 0.29) is 24.2 Å². The van der Waals surface area contributed by atoms with Gasteiger partial charge in [-0.3, -0.25) is 14.9 Å². The topological polar surface area (TPSA) is 87.5 Å². The van der Waals surface area contributed by atoms with Crippen molar-refractivity contribution >= 4 is 34.6 Å². The van der Waals surface area contributed by atoms with Crippen LogP contribution in [-0.2, 0) is 4.79 Å². The lowest BCUT2D eigenvalue weighted by molar-refractivity contribution is -0.384. The summed E-state index contributed by atoms with van der Waals surface area (Å²) in [6.07, 6.45) is 0. The molecule has 0 saturated carbocycles. The first-order chi connectivity index (χ1) is 9.79. The Morgan fingerprint density at radius 1 is 1.38 bits per heavy atom. The number of non-ortho nitro benzene ring substituents is 1. The number of rotatable bonds is 5. The van der Waals surface area contributed by atoms with Crippen LogP contribution in [0.3, 0.4) is 0 Å². The average molecular weight is 310 g/mol. The Morgan fingerprint density at radius 2 is 1.95 bits per heavy atom. The predicted octanol–water partition coefficient (Wildman–Crippen LogP) is 1.75. The van der Waals surface area contributed by atoms with Crippen molar-refractivity contribution in [3.63, 3.8) is 0 Å². The molecular formula is C13H18N4O3S. The molecule has 0 bridgehead atoms. The molecule has 8 heteroatoms. The molecule has 0 radical (unpaired) electrons. The molecule has 0 unspecified atom stereocenters. The van der Waals surface area contributed by atoms with Crippen LogP contribution in [0.5, 0.6) is 0 Å². The molecule has 0 saturated heterocycles. The Bertz CT molecular complexity index is 531. The van der Waals surface area contributed by atoms with E-state index in [0.29, 0.717) is 10.8 Å². The number of nitrogens with one attached hydrogen (secondary N) is 2. The van der Waals surface area contributed by atoms with E-state index >= 15 is 0 Å². The minimum Gasteiger partial charge on any atom is -0.352 e. The molecule has 1 aromatic carbocycles. The van der Waals surface area contributed by atoms with Crippen LogP contribution in [0.25, 0.3) is 0 Å². The molecule has 21 heavy (non-hydrogen) atoms. The van der Waals surface area contributed by atoms with Crippen LogP contribution in [0.15, 0.2) is 24.3 Å². The van der Waals surface area contributed by atoms with E-state index in [0.717, 1.165) is 0 Å². The highest BCUT2D eigenvalue weighted by molar-refractivity contribution is 7.80. The molecule has 114 valence electrons. The summed E-state index contributed by atoms with van der Waals surface area (Å²) < 4.78 is 0. The summed E-state index contributed by atoms with van der Waals surface area (Å²) in [5.41, 5.74) is 0.637. The number of benzene rings is 1. The quantitative estimate of drug-likeness (QED) is 0.489. The number of likely N-dealkylation sites (N-methyl/N-ethyl adjacent to an activating group) is 1. The molecule has 0 fully saturated rings. The fourth-order valence-corrected chi connectivity index (χ4v) is 1.72. The molecule has 0 aliphatic carbocycles. The van der Waals surface area contributed by atoms with Gasteiger partial charge in [-0.15, -0.1) is 0 Å². The molecule has 0 aliphatic rings. The average Bonchev–Trinajstić information content (AvgIpc) is 2.38. The van der Waals surface area contributed by atoms with Gasteiger partial charge in [-0.25, -0.2) is 0 Å². The molecule has 0 spiro atoms. The van der Waals surface area contributed by atoms with Crippen LogP contribution >= 0.6 is 12.2 Å². The second-order valence-corrected chi connectivity index (χ2v) is 5.20. The lowest BCUT2D eigenvalue weighted by Gasteiger charge is -2.21. The van der Waals surface area contributed by atoms with E-state index in [9.17, 15) is 14.9 Å². The third-order valence-corrected chi connectivity index (χ3v) is 2.92. The van der Waals surface area contributed by atoms with Crippen LogP contribution in [0.4, 0.5) is 11.4 Å². The first kappa shape index (κ1) is 16.8. The van der Waals surface area contributed by atoms with Gasteiger partial charge in [-0.2, -0.15) is 0 Å². The maximum Gasteiger partial charge on any atom is 0.269 e. The smallest absolute Gasteiger partial charge is 0.269 e. The van der Waals surface area contributed by atoms with Crippen LogP contribution in [0, 0.1) is 10.1 Å². The van der Waals surface area contributed by atoms with E-state index in [1.54, 1.807) is 24.1 Å². The standard InChI is InChI=1S/C13H18N4O3S/c1-9(2)14-12(18)8-16(3)13(21)15-10-4-6-11(7-5-10)17(19)20/h4-7,9H,8H2,1-3H3,(H,14,18)(H,15,21). The Labute approximate surface area is 128 Å². The van der Waals surface area contributed by atoms with Crippen molar-refractivity contribution in [1.82, 2.24) is 10.2 Å². The van der Waals surface area contributed by atoms with Gasteiger partial charge < -0.3 is 15.5 Å². The highest BCUT2D eigenvalue weighted by Gasteiger charge is 2.11. The van der Waals surface area contributed by atoms with Crippen molar-refractivity contribution in [1.29, 1.82) is 0 Å². The van der Waals surface area contributed by atoms with Gasteiger partial charge in [0.1, 0.15) is 0 Å². The number of amides is 1. The summed E-state index contributed by atoms with van der Waals surface area (Å²) in [7, 11) is 1.70. The van der Waals surface area contributed by atoms with E-state index in [1.807, 2.05) is 13.8 Å². The number of carbonyl (C=O) groups is 1. The van der Waals surface area contributed by atoms with Gasteiger partial charge >= 0.3 is 0 Å². The Hall–Kier alpha value is -2.22.